The number of nitrogens with two attached hydrogens (primary N) is 1. The minimum Gasteiger partial charge on any atom is -0.411 e. The van der Waals surface area contributed by atoms with E-state index in [9.17, 15) is 13.2 Å². The van der Waals surface area contributed by atoms with Crippen LogP contribution in [0.1, 0.15) is 19.4 Å². The number of nitrogens with one attached hydrogen (secondary N) is 1. The van der Waals surface area contributed by atoms with Crippen molar-refractivity contribution in [1.82, 2.24) is 10.2 Å². The van der Waals surface area contributed by atoms with Crippen LogP contribution in [0.5, 0.6) is 0 Å². The normalized spacial score (nSPS) is 11.4. The number of anilines is 2. The molecule has 9 nitrogen and oxygen atoms in total. The Morgan fingerprint density at radius 2 is 1.81 bits per heavy atom. The van der Waals surface area contributed by atoms with Crippen LogP contribution in [0.2, 0.25) is 0 Å². The highest BCUT2D eigenvalue weighted by atomic mass is 32.2. The maximum absolute atomic E-state index is 12.3. The van der Waals surface area contributed by atoms with Gasteiger partial charge in [-0.25, -0.2) is 13.6 Å². The van der Waals surface area contributed by atoms with Gasteiger partial charge in [0.2, 0.25) is 21.8 Å². The van der Waals surface area contributed by atoms with Gasteiger partial charge in [0.15, 0.2) is 0 Å². The first-order valence-corrected chi connectivity index (χ1v) is 12.5. The second-order valence-corrected chi connectivity index (χ2v) is 9.41. The van der Waals surface area contributed by atoms with Crippen LogP contribution in [0.3, 0.4) is 0 Å². The molecule has 3 N–H and O–H groups in total. The third kappa shape index (κ3) is 5.87. The van der Waals surface area contributed by atoms with Crippen molar-refractivity contribution in [3.05, 3.63) is 48.0 Å². The summed E-state index contributed by atoms with van der Waals surface area (Å²) >= 11 is 1.09. The van der Waals surface area contributed by atoms with Gasteiger partial charge in [0.1, 0.15) is 0 Å². The summed E-state index contributed by atoms with van der Waals surface area (Å²) < 4.78 is 28.9. The van der Waals surface area contributed by atoms with E-state index in [0.29, 0.717) is 17.1 Å². The molecule has 0 atom stereocenters. The Morgan fingerprint density at radius 3 is 2.44 bits per heavy atom. The summed E-state index contributed by atoms with van der Waals surface area (Å²) in [5.41, 5.74) is 2.75. The highest BCUT2D eigenvalue weighted by molar-refractivity contribution is 7.99. The number of rotatable bonds is 9. The number of thioether (sulfide) groups is 1. The first-order chi connectivity index (χ1) is 15.2. The molecule has 0 radical (unpaired) electrons. The summed E-state index contributed by atoms with van der Waals surface area (Å²) in [6.45, 7) is 7.68. The number of aromatic nitrogens is 2. The fourth-order valence-electron chi connectivity index (χ4n) is 3.10. The molecule has 0 fully saturated rings. The molecule has 0 aliphatic rings. The molecule has 3 aromatic rings. The van der Waals surface area contributed by atoms with E-state index in [1.54, 1.807) is 19.1 Å². The number of benzene rings is 2. The first kappa shape index (κ1) is 23.8. The molecular formula is C21H25N5O4S2. The molecule has 0 unspecified atom stereocenters. The first-order valence-electron chi connectivity index (χ1n) is 9.96. The second-order valence-electron chi connectivity index (χ2n) is 6.95. The van der Waals surface area contributed by atoms with E-state index in [1.807, 2.05) is 24.3 Å². The Labute approximate surface area is 191 Å². The Bertz CT molecular complexity index is 1190. The van der Waals surface area contributed by atoms with Gasteiger partial charge >= 0.3 is 0 Å². The third-order valence-corrected chi connectivity index (χ3v) is 6.63. The number of amides is 1. The van der Waals surface area contributed by atoms with Crippen molar-refractivity contribution >= 4 is 39.1 Å². The van der Waals surface area contributed by atoms with Crippen LogP contribution in [0.25, 0.3) is 11.5 Å². The van der Waals surface area contributed by atoms with Crippen molar-refractivity contribution in [2.75, 3.05) is 29.1 Å². The number of primary sulfonamides is 1. The minimum absolute atomic E-state index is 0.0150. The molecule has 170 valence electrons. The van der Waals surface area contributed by atoms with Gasteiger partial charge < -0.3 is 14.6 Å². The van der Waals surface area contributed by atoms with Gasteiger partial charge in [0, 0.05) is 30.0 Å². The monoisotopic (exact) mass is 475 g/mol. The summed E-state index contributed by atoms with van der Waals surface area (Å²) in [6.07, 6.45) is 0. The predicted octanol–water partition coefficient (Wildman–Crippen LogP) is 3.27. The molecule has 1 aromatic heterocycles. The predicted molar refractivity (Wildman–Crippen MR) is 125 cm³/mol. The molecule has 32 heavy (non-hydrogen) atoms. The standard InChI is InChI=1S/C21H25N5O4S2/c1-4-26(5-2)17-10-7-15(8-11-17)20-24-25-21(30-20)31-13-19(27)23-16-9-6-14(3)18(12-16)32(22,28)29/h6-12H,4-5,13H2,1-3H3,(H,23,27)(H2,22,28,29). The van der Waals surface area contributed by atoms with Crippen molar-refractivity contribution in [3.63, 3.8) is 0 Å². The van der Waals surface area contributed by atoms with Crippen LogP contribution in [0.15, 0.2) is 57.0 Å². The van der Waals surface area contributed by atoms with Crippen LogP contribution in [-0.2, 0) is 14.8 Å². The van der Waals surface area contributed by atoms with E-state index < -0.39 is 10.0 Å². The number of aryl methyl sites for hydroxylation is 1. The number of carbonyl (C=O) groups is 1. The molecule has 1 amide bonds. The van der Waals surface area contributed by atoms with Crippen LogP contribution < -0.4 is 15.4 Å². The number of carbonyl (C=O) groups excluding carboxylic acids is 1. The SMILES string of the molecule is CCN(CC)c1ccc(-c2nnc(SCC(=O)Nc3ccc(C)c(S(N)(=O)=O)c3)o2)cc1. The molecule has 0 spiro atoms. The van der Waals surface area contributed by atoms with Crippen molar-refractivity contribution in [2.45, 2.75) is 30.9 Å². The number of hydrogen-bond donors (Lipinski definition) is 2. The quantitative estimate of drug-likeness (QED) is 0.451. The second kappa shape index (κ2) is 10.2. The molecule has 3 rings (SSSR count). The Kier molecular flexibility index (Phi) is 7.54. The maximum atomic E-state index is 12.3. The average molecular weight is 476 g/mol. The van der Waals surface area contributed by atoms with Crippen molar-refractivity contribution in [3.8, 4) is 11.5 Å². The Morgan fingerprint density at radius 1 is 1.12 bits per heavy atom. The lowest BCUT2D eigenvalue weighted by molar-refractivity contribution is -0.113. The van der Waals surface area contributed by atoms with E-state index in [-0.39, 0.29) is 21.8 Å². The highest BCUT2D eigenvalue weighted by Gasteiger charge is 2.15. The maximum Gasteiger partial charge on any atom is 0.277 e. The van der Waals surface area contributed by atoms with Crippen LogP contribution in [0.4, 0.5) is 11.4 Å². The molecule has 0 aliphatic heterocycles. The summed E-state index contributed by atoms with van der Waals surface area (Å²) in [4.78, 5) is 14.5. The molecule has 0 bridgehead atoms. The Balaban J connectivity index is 1.60. The Hall–Kier alpha value is -2.89. The zero-order valence-corrected chi connectivity index (χ0v) is 19.7. The van der Waals surface area contributed by atoms with Gasteiger partial charge in [-0.3, -0.25) is 4.79 Å². The summed E-state index contributed by atoms with van der Waals surface area (Å²) in [5.74, 6) is 0.0408. The smallest absolute Gasteiger partial charge is 0.277 e. The summed E-state index contributed by atoms with van der Waals surface area (Å²) in [6, 6.07) is 12.4. The molecule has 2 aromatic carbocycles. The van der Waals surface area contributed by atoms with E-state index in [1.165, 1.54) is 6.07 Å². The zero-order valence-electron chi connectivity index (χ0n) is 18.0. The zero-order chi connectivity index (χ0) is 23.3. The summed E-state index contributed by atoms with van der Waals surface area (Å²) in [7, 11) is -3.87. The molecule has 0 saturated carbocycles. The average Bonchev–Trinajstić information content (AvgIpc) is 3.23. The molecule has 11 heteroatoms. The molecule has 0 saturated heterocycles. The third-order valence-electron chi connectivity index (χ3n) is 4.75. The lowest BCUT2D eigenvalue weighted by Gasteiger charge is -2.20. The molecule has 1 heterocycles. The van der Waals surface area contributed by atoms with Gasteiger partial charge in [0.05, 0.1) is 10.6 Å². The van der Waals surface area contributed by atoms with E-state index in [2.05, 4.69) is 34.3 Å². The van der Waals surface area contributed by atoms with Gasteiger partial charge in [-0.1, -0.05) is 17.8 Å². The van der Waals surface area contributed by atoms with E-state index in [0.717, 1.165) is 36.1 Å². The highest BCUT2D eigenvalue weighted by Crippen LogP contribution is 2.26. The van der Waals surface area contributed by atoms with E-state index in [4.69, 9.17) is 9.56 Å². The minimum atomic E-state index is -3.87. The van der Waals surface area contributed by atoms with Gasteiger partial charge in [-0.15, -0.1) is 10.2 Å². The van der Waals surface area contributed by atoms with Crippen LogP contribution in [-0.4, -0.2) is 43.4 Å². The largest absolute Gasteiger partial charge is 0.411 e. The van der Waals surface area contributed by atoms with Crippen LogP contribution >= 0.6 is 11.8 Å². The lowest BCUT2D eigenvalue weighted by atomic mass is 10.2. The fraction of sp³-hybridized carbons (Fsp3) is 0.286. The van der Waals surface area contributed by atoms with Crippen molar-refractivity contribution in [2.24, 2.45) is 5.14 Å². The fourth-order valence-corrected chi connectivity index (χ4v) is 4.47. The lowest BCUT2D eigenvalue weighted by Crippen LogP contribution is -2.21. The van der Waals surface area contributed by atoms with Crippen LogP contribution in [0, 0.1) is 6.92 Å². The molecular weight excluding hydrogens is 450 g/mol. The van der Waals surface area contributed by atoms with Gasteiger partial charge in [0.25, 0.3) is 5.22 Å². The van der Waals surface area contributed by atoms with Gasteiger partial charge in [-0.2, -0.15) is 0 Å². The topological polar surface area (TPSA) is 131 Å². The van der Waals surface area contributed by atoms with Crippen molar-refractivity contribution < 1.29 is 17.6 Å². The number of nitrogens with zero attached hydrogens (tertiary/aromatic N) is 3. The molecule has 0 aliphatic carbocycles. The van der Waals surface area contributed by atoms with Gasteiger partial charge in [-0.05, 0) is 62.7 Å². The summed E-state index contributed by atoms with van der Waals surface area (Å²) in [5, 5.41) is 16.1. The number of sulfonamides is 1. The number of hydrogen-bond acceptors (Lipinski definition) is 8. The van der Waals surface area contributed by atoms with E-state index >= 15 is 0 Å². The van der Waals surface area contributed by atoms with Crippen molar-refractivity contribution in [1.29, 1.82) is 0 Å².